The lowest BCUT2D eigenvalue weighted by Gasteiger charge is -2.30. The standard InChI is InChI=1S/C24H25FN2O2S/c25-21-8-4-7-20(13-21)24-26-22(17-30-24)14-23(28)27(15-18-5-2-1-3-6-18)16-19-9-11-29-12-10-19/h1-8,13,17,19H,9-12,14-16H2. The van der Waals surface area contributed by atoms with Gasteiger partial charge in [0.25, 0.3) is 0 Å². The van der Waals surface area contributed by atoms with Crippen LogP contribution in [-0.2, 0) is 22.5 Å². The summed E-state index contributed by atoms with van der Waals surface area (Å²) < 4.78 is 19.0. The van der Waals surface area contributed by atoms with Crippen LogP contribution in [0.5, 0.6) is 0 Å². The summed E-state index contributed by atoms with van der Waals surface area (Å²) in [7, 11) is 0. The Bertz CT molecular complexity index is 970. The zero-order chi connectivity index (χ0) is 20.8. The molecule has 0 radical (unpaired) electrons. The Labute approximate surface area is 180 Å². The van der Waals surface area contributed by atoms with Crippen molar-refractivity contribution in [2.75, 3.05) is 19.8 Å². The second-order valence-corrected chi connectivity index (χ2v) is 8.50. The van der Waals surface area contributed by atoms with Crippen LogP contribution < -0.4 is 0 Å². The number of carbonyl (C=O) groups is 1. The van der Waals surface area contributed by atoms with Crippen LogP contribution in [0.2, 0.25) is 0 Å². The van der Waals surface area contributed by atoms with Crippen molar-refractivity contribution in [2.45, 2.75) is 25.8 Å². The summed E-state index contributed by atoms with van der Waals surface area (Å²) in [5.41, 5.74) is 2.59. The van der Waals surface area contributed by atoms with E-state index in [1.165, 1.54) is 23.5 Å². The van der Waals surface area contributed by atoms with Crippen molar-refractivity contribution in [1.82, 2.24) is 9.88 Å². The Kier molecular flexibility index (Phi) is 6.87. The minimum absolute atomic E-state index is 0.0708. The molecule has 0 saturated carbocycles. The third-order valence-electron chi connectivity index (χ3n) is 5.34. The van der Waals surface area contributed by atoms with Crippen LogP contribution in [0.1, 0.15) is 24.1 Å². The van der Waals surface area contributed by atoms with Gasteiger partial charge in [0.2, 0.25) is 5.91 Å². The van der Waals surface area contributed by atoms with Crippen molar-refractivity contribution in [3.8, 4) is 10.6 Å². The van der Waals surface area contributed by atoms with Crippen molar-refractivity contribution in [3.05, 3.63) is 77.1 Å². The molecule has 1 fully saturated rings. The molecule has 1 amide bonds. The Morgan fingerprint density at radius 1 is 1.13 bits per heavy atom. The first kappa shape index (κ1) is 20.7. The van der Waals surface area contributed by atoms with Crippen molar-refractivity contribution < 1.29 is 13.9 Å². The Morgan fingerprint density at radius 3 is 2.70 bits per heavy atom. The lowest BCUT2D eigenvalue weighted by molar-refractivity contribution is -0.132. The van der Waals surface area contributed by atoms with Crippen molar-refractivity contribution in [3.63, 3.8) is 0 Å². The second-order valence-electron chi connectivity index (χ2n) is 7.65. The summed E-state index contributed by atoms with van der Waals surface area (Å²) in [6.07, 6.45) is 2.22. The fourth-order valence-corrected chi connectivity index (χ4v) is 4.52. The van der Waals surface area contributed by atoms with Crippen LogP contribution in [0.3, 0.4) is 0 Å². The monoisotopic (exact) mass is 424 g/mol. The Balaban J connectivity index is 1.46. The van der Waals surface area contributed by atoms with E-state index in [9.17, 15) is 9.18 Å². The third-order valence-corrected chi connectivity index (χ3v) is 6.28. The molecule has 30 heavy (non-hydrogen) atoms. The zero-order valence-corrected chi connectivity index (χ0v) is 17.6. The van der Waals surface area contributed by atoms with Crippen LogP contribution in [0.15, 0.2) is 60.0 Å². The van der Waals surface area contributed by atoms with Crippen LogP contribution in [0.25, 0.3) is 10.6 Å². The first-order valence-corrected chi connectivity index (χ1v) is 11.1. The number of amides is 1. The van der Waals surface area contributed by atoms with E-state index < -0.39 is 0 Å². The summed E-state index contributed by atoms with van der Waals surface area (Å²) in [4.78, 5) is 19.7. The van der Waals surface area contributed by atoms with Crippen molar-refractivity contribution >= 4 is 17.2 Å². The molecule has 1 aliphatic rings. The van der Waals surface area contributed by atoms with E-state index in [-0.39, 0.29) is 18.1 Å². The van der Waals surface area contributed by atoms with Gasteiger partial charge in [-0.2, -0.15) is 0 Å². The SMILES string of the molecule is O=C(Cc1csc(-c2cccc(F)c2)n1)N(Cc1ccccc1)CC1CCOCC1. The van der Waals surface area contributed by atoms with Gasteiger partial charge in [0, 0.05) is 37.2 Å². The largest absolute Gasteiger partial charge is 0.381 e. The van der Waals surface area contributed by atoms with E-state index >= 15 is 0 Å². The summed E-state index contributed by atoms with van der Waals surface area (Å²) in [5.74, 6) is 0.247. The van der Waals surface area contributed by atoms with E-state index in [0.29, 0.717) is 12.5 Å². The highest BCUT2D eigenvalue weighted by atomic mass is 32.1. The summed E-state index contributed by atoms with van der Waals surface area (Å²) in [6.45, 7) is 2.86. The molecule has 0 N–H and O–H groups in total. The molecule has 2 aromatic carbocycles. The molecule has 0 bridgehead atoms. The fourth-order valence-electron chi connectivity index (χ4n) is 3.71. The molecule has 0 atom stereocenters. The molecular weight excluding hydrogens is 399 g/mol. The number of benzene rings is 2. The molecule has 1 aliphatic heterocycles. The van der Waals surface area contributed by atoms with Gasteiger partial charge in [0.1, 0.15) is 10.8 Å². The van der Waals surface area contributed by atoms with Crippen LogP contribution in [0, 0.1) is 11.7 Å². The average molecular weight is 425 g/mol. The van der Waals surface area contributed by atoms with Gasteiger partial charge in [-0.1, -0.05) is 42.5 Å². The second kappa shape index (κ2) is 9.96. The minimum atomic E-state index is -0.286. The maximum atomic E-state index is 13.5. The van der Waals surface area contributed by atoms with E-state index in [0.717, 1.165) is 54.4 Å². The van der Waals surface area contributed by atoms with Gasteiger partial charge in [-0.25, -0.2) is 9.37 Å². The lowest BCUT2D eigenvalue weighted by atomic mass is 9.99. The number of hydrogen-bond acceptors (Lipinski definition) is 4. The van der Waals surface area contributed by atoms with Crippen molar-refractivity contribution in [2.24, 2.45) is 5.92 Å². The highest BCUT2D eigenvalue weighted by Crippen LogP contribution is 2.25. The number of nitrogens with zero attached hydrogens (tertiary/aromatic N) is 2. The van der Waals surface area contributed by atoms with E-state index in [1.54, 1.807) is 6.07 Å². The summed E-state index contributed by atoms with van der Waals surface area (Å²) in [5, 5.41) is 2.63. The summed E-state index contributed by atoms with van der Waals surface area (Å²) in [6, 6.07) is 16.5. The lowest BCUT2D eigenvalue weighted by Crippen LogP contribution is -2.37. The van der Waals surface area contributed by atoms with Gasteiger partial charge in [-0.15, -0.1) is 11.3 Å². The first-order chi connectivity index (χ1) is 14.7. The number of aromatic nitrogens is 1. The van der Waals surface area contributed by atoms with Crippen LogP contribution in [0.4, 0.5) is 4.39 Å². The molecule has 6 heteroatoms. The highest BCUT2D eigenvalue weighted by molar-refractivity contribution is 7.13. The number of halogens is 1. The number of rotatable bonds is 7. The number of hydrogen-bond donors (Lipinski definition) is 0. The topological polar surface area (TPSA) is 42.4 Å². The van der Waals surface area contributed by atoms with Gasteiger partial charge in [0.05, 0.1) is 12.1 Å². The quantitative estimate of drug-likeness (QED) is 0.539. The predicted molar refractivity (Wildman–Crippen MR) is 117 cm³/mol. The normalized spacial score (nSPS) is 14.6. The Hall–Kier alpha value is -2.57. The maximum Gasteiger partial charge on any atom is 0.228 e. The van der Waals surface area contributed by atoms with Crippen molar-refractivity contribution in [1.29, 1.82) is 0 Å². The molecule has 1 aromatic heterocycles. The van der Waals surface area contributed by atoms with Gasteiger partial charge in [-0.3, -0.25) is 4.79 Å². The average Bonchev–Trinajstić information content (AvgIpc) is 3.23. The Morgan fingerprint density at radius 2 is 1.93 bits per heavy atom. The number of ether oxygens (including phenoxy) is 1. The smallest absolute Gasteiger partial charge is 0.228 e. The van der Waals surface area contributed by atoms with E-state index in [2.05, 4.69) is 17.1 Å². The molecule has 1 saturated heterocycles. The molecule has 0 spiro atoms. The fraction of sp³-hybridized carbons (Fsp3) is 0.333. The molecule has 3 aromatic rings. The van der Waals surface area contributed by atoms with Crippen LogP contribution >= 0.6 is 11.3 Å². The van der Waals surface area contributed by atoms with Gasteiger partial charge >= 0.3 is 0 Å². The predicted octanol–water partition coefficient (Wildman–Crippen LogP) is 4.95. The van der Waals surface area contributed by atoms with E-state index in [1.807, 2.05) is 34.5 Å². The van der Waals surface area contributed by atoms with Gasteiger partial charge in [-0.05, 0) is 36.5 Å². The molecule has 4 rings (SSSR count). The minimum Gasteiger partial charge on any atom is -0.381 e. The number of carbonyl (C=O) groups excluding carboxylic acids is 1. The first-order valence-electron chi connectivity index (χ1n) is 10.3. The molecule has 4 nitrogen and oxygen atoms in total. The van der Waals surface area contributed by atoms with Crippen LogP contribution in [-0.4, -0.2) is 35.5 Å². The number of thiazole rings is 1. The zero-order valence-electron chi connectivity index (χ0n) is 16.8. The molecule has 0 aliphatic carbocycles. The molecule has 2 heterocycles. The van der Waals surface area contributed by atoms with Gasteiger partial charge in [0.15, 0.2) is 0 Å². The molecule has 0 unspecified atom stereocenters. The third kappa shape index (κ3) is 5.52. The molecule has 156 valence electrons. The van der Waals surface area contributed by atoms with Gasteiger partial charge < -0.3 is 9.64 Å². The summed E-state index contributed by atoms with van der Waals surface area (Å²) >= 11 is 1.44. The highest BCUT2D eigenvalue weighted by Gasteiger charge is 2.22. The molecular formula is C24H25FN2O2S. The van der Waals surface area contributed by atoms with E-state index in [4.69, 9.17) is 4.74 Å². The maximum absolute atomic E-state index is 13.5.